The fraction of sp³-hybridized carbons (Fsp3) is 0.720. The number of hydrogen-bond acceptors (Lipinski definition) is 2. The van der Waals surface area contributed by atoms with Gasteiger partial charge in [0.05, 0.1) is 0 Å². The Morgan fingerprint density at radius 2 is 1.19 bits per heavy atom. The number of Topliss-reactive ketones (excluding diaryl/α,β-unsaturated/α-hetero) is 1. The minimum absolute atomic E-state index is 0.210. The Morgan fingerprint density at radius 3 is 1.63 bits per heavy atom. The Balaban J connectivity index is 1.88. The highest BCUT2D eigenvalue weighted by atomic mass is 16.3. The quantitative estimate of drug-likeness (QED) is 0.221. The van der Waals surface area contributed by atoms with E-state index in [1.165, 1.54) is 83.5 Å². The van der Waals surface area contributed by atoms with Crippen molar-refractivity contribution in [2.45, 2.75) is 117 Å². The molecule has 0 unspecified atom stereocenters. The summed E-state index contributed by atoms with van der Waals surface area (Å²) in [5.41, 5.74) is 1.64. The number of aryl methyl sites for hydroxylation is 1. The molecule has 1 N–H and O–H groups in total. The second kappa shape index (κ2) is 15.7. The Labute approximate surface area is 167 Å². The molecule has 1 rings (SSSR count). The van der Waals surface area contributed by atoms with Crippen molar-refractivity contribution in [2.24, 2.45) is 0 Å². The normalized spacial score (nSPS) is 11.0. The van der Waals surface area contributed by atoms with Crippen LogP contribution in [0.4, 0.5) is 0 Å². The van der Waals surface area contributed by atoms with E-state index in [1.54, 1.807) is 18.2 Å². The molecule has 0 heterocycles. The summed E-state index contributed by atoms with van der Waals surface area (Å²) in [6.45, 7) is 4.16. The van der Waals surface area contributed by atoms with E-state index in [2.05, 4.69) is 6.92 Å². The monoisotopic (exact) mass is 374 g/mol. The summed E-state index contributed by atoms with van der Waals surface area (Å²) >= 11 is 0. The van der Waals surface area contributed by atoms with E-state index in [4.69, 9.17) is 0 Å². The van der Waals surface area contributed by atoms with Gasteiger partial charge in [-0.1, -0.05) is 96.8 Å². The third-order valence-corrected chi connectivity index (χ3v) is 5.52. The van der Waals surface area contributed by atoms with Crippen molar-refractivity contribution >= 4 is 5.78 Å². The lowest BCUT2D eigenvalue weighted by molar-refractivity contribution is 0.0978. The second-order valence-corrected chi connectivity index (χ2v) is 8.12. The molecule has 1 aromatic rings. The number of benzene rings is 1. The average molecular weight is 375 g/mol. The van der Waals surface area contributed by atoms with Gasteiger partial charge in [0.1, 0.15) is 5.75 Å². The van der Waals surface area contributed by atoms with Gasteiger partial charge in [0.2, 0.25) is 0 Å². The Hall–Kier alpha value is -1.31. The molecule has 0 radical (unpaired) electrons. The molecule has 0 saturated carbocycles. The number of rotatable bonds is 17. The molecule has 1 aromatic carbocycles. The lowest BCUT2D eigenvalue weighted by Crippen LogP contribution is -2.01. The van der Waals surface area contributed by atoms with Gasteiger partial charge in [-0.05, 0) is 37.1 Å². The zero-order valence-electron chi connectivity index (χ0n) is 17.9. The van der Waals surface area contributed by atoms with Crippen molar-refractivity contribution in [1.29, 1.82) is 0 Å². The van der Waals surface area contributed by atoms with Crippen LogP contribution in [0.3, 0.4) is 0 Å². The second-order valence-electron chi connectivity index (χ2n) is 8.12. The Bertz CT molecular complexity index is 507. The van der Waals surface area contributed by atoms with Gasteiger partial charge in [-0.2, -0.15) is 0 Å². The van der Waals surface area contributed by atoms with Crippen LogP contribution in [-0.2, 0) is 0 Å². The number of phenolic OH excluding ortho intramolecular Hbond substituents is 1. The number of unbranched alkanes of at least 4 members (excludes halogenated alkanes) is 14. The van der Waals surface area contributed by atoms with Gasteiger partial charge in [0.15, 0.2) is 5.78 Å². The third kappa shape index (κ3) is 11.9. The molecular formula is C25H42O2. The number of ketones is 1. The van der Waals surface area contributed by atoms with Gasteiger partial charge in [0, 0.05) is 12.0 Å². The van der Waals surface area contributed by atoms with Gasteiger partial charge in [-0.15, -0.1) is 0 Å². The van der Waals surface area contributed by atoms with E-state index in [1.807, 2.05) is 6.92 Å². The first kappa shape index (κ1) is 23.7. The van der Waals surface area contributed by atoms with Crippen molar-refractivity contribution in [1.82, 2.24) is 0 Å². The van der Waals surface area contributed by atoms with E-state index in [-0.39, 0.29) is 11.5 Å². The van der Waals surface area contributed by atoms with Gasteiger partial charge in [-0.3, -0.25) is 4.79 Å². The van der Waals surface area contributed by atoms with Crippen LogP contribution in [0, 0.1) is 6.92 Å². The molecule has 0 aliphatic carbocycles. The molecule has 2 heteroatoms. The molecule has 0 aliphatic rings. The number of carbonyl (C=O) groups is 1. The molecule has 0 aromatic heterocycles. The first-order chi connectivity index (χ1) is 13.1. The fourth-order valence-electron chi connectivity index (χ4n) is 3.75. The predicted octanol–water partition coefficient (Wildman–Crippen LogP) is 8.14. The van der Waals surface area contributed by atoms with Crippen molar-refractivity contribution in [3.63, 3.8) is 0 Å². The standard InChI is InChI=1S/C25H42O2/c1-3-4-5-6-7-8-9-10-11-12-13-14-15-16-17-18-25(27)24-20-19-23(26)21-22(24)2/h19-21,26H,3-18H2,1-2H3. The summed E-state index contributed by atoms with van der Waals surface area (Å²) in [6, 6.07) is 5.02. The molecule has 0 saturated heterocycles. The maximum Gasteiger partial charge on any atom is 0.163 e. The van der Waals surface area contributed by atoms with Crippen LogP contribution in [0.5, 0.6) is 5.75 Å². The van der Waals surface area contributed by atoms with Crippen LogP contribution >= 0.6 is 0 Å². The highest BCUT2D eigenvalue weighted by molar-refractivity contribution is 5.97. The van der Waals surface area contributed by atoms with Crippen LogP contribution in [0.25, 0.3) is 0 Å². The van der Waals surface area contributed by atoms with Gasteiger partial charge in [-0.25, -0.2) is 0 Å². The molecule has 2 nitrogen and oxygen atoms in total. The number of hydrogen-bond donors (Lipinski definition) is 1. The van der Waals surface area contributed by atoms with Crippen LogP contribution < -0.4 is 0 Å². The SMILES string of the molecule is CCCCCCCCCCCCCCCCCC(=O)c1ccc(O)cc1C. The smallest absolute Gasteiger partial charge is 0.163 e. The van der Waals surface area contributed by atoms with Crippen molar-refractivity contribution in [2.75, 3.05) is 0 Å². The van der Waals surface area contributed by atoms with E-state index >= 15 is 0 Å². The highest BCUT2D eigenvalue weighted by Gasteiger charge is 2.09. The van der Waals surface area contributed by atoms with Crippen LogP contribution in [0.2, 0.25) is 0 Å². The molecule has 154 valence electrons. The van der Waals surface area contributed by atoms with Crippen molar-refractivity contribution in [3.05, 3.63) is 29.3 Å². The highest BCUT2D eigenvalue weighted by Crippen LogP contribution is 2.19. The summed E-state index contributed by atoms with van der Waals surface area (Å²) in [5.74, 6) is 0.443. The molecule has 0 fully saturated rings. The summed E-state index contributed by atoms with van der Waals surface area (Å²) in [5, 5.41) is 9.42. The van der Waals surface area contributed by atoms with Gasteiger partial charge in [0.25, 0.3) is 0 Å². The predicted molar refractivity (Wildman–Crippen MR) is 117 cm³/mol. The minimum atomic E-state index is 0.210. The largest absolute Gasteiger partial charge is 0.508 e. The third-order valence-electron chi connectivity index (χ3n) is 5.52. The number of carbonyl (C=O) groups excluding carboxylic acids is 1. The van der Waals surface area contributed by atoms with Gasteiger partial charge < -0.3 is 5.11 Å². The zero-order chi connectivity index (χ0) is 19.7. The summed E-state index contributed by atoms with van der Waals surface area (Å²) in [7, 11) is 0. The molecular weight excluding hydrogens is 332 g/mol. The Morgan fingerprint density at radius 1 is 0.741 bits per heavy atom. The first-order valence-electron chi connectivity index (χ1n) is 11.5. The number of aromatic hydroxyl groups is 1. The van der Waals surface area contributed by atoms with E-state index in [9.17, 15) is 9.90 Å². The van der Waals surface area contributed by atoms with E-state index in [0.717, 1.165) is 24.0 Å². The van der Waals surface area contributed by atoms with E-state index in [0.29, 0.717) is 6.42 Å². The molecule has 0 bridgehead atoms. The Kier molecular flexibility index (Phi) is 13.8. The summed E-state index contributed by atoms with van der Waals surface area (Å²) in [4.78, 5) is 12.2. The van der Waals surface area contributed by atoms with Crippen LogP contribution in [0.1, 0.15) is 126 Å². The van der Waals surface area contributed by atoms with E-state index < -0.39 is 0 Å². The topological polar surface area (TPSA) is 37.3 Å². The lowest BCUT2D eigenvalue weighted by Gasteiger charge is -2.06. The first-order valence-corrected chi connectivity index (χ1v) is 11.5. The van der Waals surface area contributed by atoms with Crippen molar-refractivity contribution < 1.29 is 9.90 Å². The van der Waals surface area contributed by atoms with Crippen LogP contribution in [0.15, 0.2) is 18.2 Å². The zero-order valence-corrected chi connectivity index (χ0v) is 17.9. The summed E-state index contributed by atoms with van der Waals surface area (Å²) < 4.78 is 0. The fourth-order valence-corrected chi connectivity index (χ4v) is 3.75. The van der Waals surface area contributed by atoms with Crippen LogP contribution in [-0.4, -0.2) is 10.9 Å². The molecule has 0 amide bonds. The molecule has 0 spiro atoms. The number of phenols is 1. The molecule has 27 heavy (non-hydrogen) atoms. The molecule has 0 aliphatic heterocycles. The average Bonchev–Trinajstić information content (AvgIpc) is 2.64. The summed E-state index contributed by atoms with van der Waals surface area (Å²) in [6.07, 6.45) is 20.7. The van der Waals surface area contributed by atoms with Gasteiger partial charge >= 0.3 is 0 Å². The maximum atomic E-state index is 12.2. The lowest BCUT2D eigenvalue weighted by atomic mass is 9.99. The van der Waals surface area contributed by atoms with Crippen molar-refractivity contribution in [3.8, 4) is 5.75 Å². The molecule has 0 atom stereocenters. The maximum absolute atomic E-state index is 12.2. The minimum Gasteiger partial charge on any atom is -0.508 e.